The van der Waals surface area contributed by atoms with Crippen LogP contribution in [0.4, 0.5) is 0 Å². The largest absolute Gasteiger partial charge is 0.340 e. The molecule has 1 heterocycles. The van der Waals surface area contributed by atoms with E-state index in [-0.39, 0.29) is 11.7 Å². The van der Waals surface area contributed by atoms with Crippen molar-refractivity contribution in [1.29, 1.82) is 0 Å². The number of hydrogen-bond acceptors (Lipinski definition) is 4. The molecule has 0 saturated heterocycles. The van der Waals surface area contributed by atoms with E-state index >= 15 is 0 Å². The molecular formula is C17H15ClN2O2. The highest BCUT2D eigenvalue weighted by Gasteiger charge is 2.42. The predicted octanol–water partition coefficient (Wildman–Crippen LogP) is 3.68. The molecule has 0 saturated carbocycles. The highest BCUT2D eigenvalue weighted by molar-refractivity contribution is 6.66. The van der Waals surface area contributed by atoms with Crippen LogP contribution in [-0.4, -0.2) is 15.4 Å². The van der Waals surface area contributed by atoms with Crippen molar-refractivity contribution in [3.63, 3.8) is 0 Å². The first-order valence-corrected chi connectivity index (χ1v) is 7.35. The molecule has 4 nitrogen and oxygen atoms in total. The average Bonchev–Trinajstić information content (AvgIpc) is 2.94. The van der Waals surface area contributed by atoms with Gasteiger partial charge in [-0.2, -0.15) is 4.98 Å². The Morgan fingerprint density at radius 1 is 1.27 bits per heavy atom. The summed E-state index contributed by atoms with van der Waals surface area (Å²) in [7, 11) is 0. The molecule has 2 unspecified atom stereocenters. The van der Waals surface area contributed by atoms with Gasteiger partial charge in [-0.3, -0.25) is 4.79 Å². The summed E-state index contributed by atoms with van der Waals surface area (Å²) in [5, 5.41) is 3.33. The van der Waals surface area contributed by atoms with Gasteiger partial charge in [0.1, 0.15) is 5.41 Å². The molecule has 1 aliphatic carbocycles. The normalized spacial score (nSPS) is 24.1. The molecule has 2 atom stereocenters. The Morgan fingerprint density at radius 2 is 2.00 bits per heavy atom. The van der Waals surface area contributed by atoms with Crippen molar-refractivity contribution in [2.45, 2.75) is 25.2 Å². The van der Waals surface area contributed by atoms with Gasteiger partial charge in [-0.05, 0) is 24.1 Å². The minimum atomic E-state index is -1.16. The fourth-order valence-corrected chi connectivity index (χ4v) is 2.95. The lowest BCUT2D eigenvalue weighted by Crippen LogP contribution is -2.32. The van der Waals surface area contributed by atoms with Crippen LogP contribution in [0, 0.1) is 6.92 Å². The Balaban J connectivity index is 2.05. The van der Waals surface area contributed by atoms with Crippen LogP contribution >= 0.6 is 11.6 Å². The predicted molar refractivity (Wildman–Crippen MR) is 83.7 cm³/mol. The molecule has 22 heavy (non-hydrogen) atoms. The van der Waals surface area contributed by atoms with Gasteiger partial charge in [-0.25, -0.2) is 0 Å². The molecule has 0 fully saturated rings. The van der Waals surface area contributed by atoms with Gasteiger partial charge in [0.05, 0.1) is 0 Å². The van der Waals surface area contributed by atoms with E-state index in [4.69, 9.17) is 16.1 Å². The van der Waals surface area contributed by atoms with E-state index in [9.17, 15) is 4.79 Å². The maximum atomic E-state index is 12.1. The molecule has 0 amide bonds. The molecule has 5 heteroatoms. The number of hydrogen-bond donors (Lipinski definition) is 0. The second kappa shape index (κ2) is 5.54. The minimum Gasteiger partial charge on any atom is -0.340 e. The number of nitrogens with zero attached hydrogens (tertiary/aromatic N) is 2. The Bertz CT molecular complexity index is 764. The van der Waals surface area contributed by atoms with Crippen LogP contribution in [-0.2, 0) is 10.2 Å². The zero-order valence-corrected chi connectivity index (χ0v) is 13.0. The number of carbonyl (C=O) groups excluding carboxylic acids is 1. The van der Waals surface area contributed by atoms with Crippen LogP contribution in [0.15, 0.2) is 58.7 Å². The second-order valence-electron chi connectivity index (χ2n) is 5.42. The first-order chi connectivity index (χ1) is 10.5. The average molecular weight is 315 g/mol. The summed E-state index contributed by atoms with van der Waals surface area (Å²) in [4.78, 5) is 16.2. The first-order valence-electron chi connectivity index (χ1n) is 6.97. The third-order valence-electron chi connectivity index (χ3n) is 3.88. The molecule has 0 bridgehead atoms. The summed E-state index contributed by atoms with van der Waals surface area (Å²) in [5.41, 5.74) is 1.02. The maximum absolute atomic E-state index is 12.1. The quantitative estimate of drug-likeness (QED) is 0.640. The molecule has 112 valence electrons. The van der Waals surface area contributed by atoms with Crippen molar-refractivity contribution in [2.75, 3.05) is 0 Å². The van der Waals surface area contributed by atoms with E-state index in [0.717, 1.165) is 11.1 Å². The van der Waals surface area contributed by atoms with Gasteiger partial charge >= 0.3 is 0 Å². The van der Waals surface area contributed by atoms with Gasteiger partial charge in [0.2, 0.25) is 11.1 Å². The van der Waals surface area contributed by atoms with Gasteiger partial charge in [0, 0.05) is 12.8 Å². The van der Waals surface area contributed by atoms with E-state index in [2.05, 4.69) is 22.3 Å². The lowest BCUT2D eigenvalue weighted by molar-refractivity contribution is -0.114. The van der Waals surface area contributed by atoms with Crippen molar-refractivity contribution < 1.29 is 9.32 Å². The van der Waals surface area contributed by atoms with E-state index in [1.807, 2.05) is 37.3 Å². The van der Waals surface area contributed by atoms with Crippen LogP contribution in [0.25, 0.3) is 0 Å². The molecule has 1 aliphatic rings. The minimum absolute atomic E-state index is 0.110. The fraction of sp³-hybridized carbons (Fsp3) is 0.235. The number of allylic oxidation sites excluding steroid dienone is 4. The van der Waals surface area contributed by atoms with Crippen LogP contribution < -0.4 is 0 Å². The monoisotopic (exact) mass is 314 g/mol. The Kier molecular flexibility index (Phi) is 3.71. The summed E-state index contributed by atoms with van der Waals surface area (Å²) in [6, 6.07) is 10.1. The molecule has 3 rings (SSSR count). The molecule has 1 aromatic heterocycles. The standard InChI is InChI=1S/C17H15ClN2O2/c1-11-10-17(15(18)21,16-19-12(2)22-20-16)9-8-14(11)13-6-4-3-5-7-13/h3-10,14H,1-2H3. The fourth-order valence-electron chi connectivity index (χ4n) is 2.75. The topological polar surface area (TPSA) is 56.0 Å². The van der Waals surface area contributed by atoms with E-state index in [1.165, 1.54) is 0 Å². The van der Waals surface area contributed by atoms with Gasteiger partial charge in [0.25, 0.3) is 0 Å². The number of carbonyl (C=O) groups is 1. The number of aryl methyl sites for hydroxylation is 1. The third-order valence-corrected chi connectivity index (χ3v) is 4.19. The second-order valence-corrected chi connectivity index (χ2v) is 5.76. The van der Waals surface area contributed by atoms with Crippen LogP contribution in [0.2, 0.25) is 0 Å². The van der Waals surface area contributed by atoms with Gasteiger partial charge in [-0.1, -0.05) is 59.3 Å². The highest BCUT2D eigenvalue weighted by atomic mass is 35.5. The molecule has 0 spiro atoms. The van der Waals surface area contributed by atoms with Gasteiger partial charge in [-0.15, -0.1) is 0 Å². The number of rotatable bonds is 3. The lowest BCUT2D eigenvalue weighted by Gasteiger charge is -2.27. The van der Waals surface area contributed by atoms with Crippen molar-refractivity contribution in [1.82, 2.24) is 10.1 Å². The Hall–Kier alpha value is -2.20. The Labute approximate surface area is 133 Å². The van der Waals surface area contributed by atoms with Gasteiger partial charge < -0.3 is 4.52 Å². The molecule has 0 radical (unpaired) electrons. The van der Waals surface area contributed by atoms with E-state index in [0.29, 0.717) is 5.89 Å². The third kappa shape index (κ3) is 2.40. The smallest absolute Gasteiger partial charge is 0.243 e. The van der Waals surface area contributed by atoms with Crippen molar-refractivity contribution in [3.05, 3.63) is 71.4 Å². The molecular weight excluding hydrogens is 300 g/mol. The first kappa shape index (κ1) is 14.7. The molecule has 2 aromatic rings. The summed E-state index contributed by atoms with van der Waals surface area (Å²) in [5.74, 6) is 0.780. The van der Waals surface area contributed by atoms with Gasteiger partial charge in [0.15, 0.2) is 5.82 Å². The summed E-state index contributed by atoms with van der Waals surface area (Å²) >= 11 is 5.86. The van der Waals surface area contributed by atoms with Crippen molar-refractivity contribution >= 4 is 16.8 Å². The summed E-state index contributed by atoms with van der Waals surface area (Å²) < 4.78 is 5.00. The maximum Gasteiger partial charge on any atom is 0.243 e. The zero-order chi connectivity index (χ0) is 15.7. The highest BCUT2D eigenvalue weighted by Crippen LogP contribution is 2.39. The molecule has 0 aliphatic heterocycles. The van der Waals surface area contributed by atoms with E-state index in [1.54, 1.807) is 13.0 Å². The van der Waals surface area contributed by atoms with E-state index < -0.39 is 10.7 Å². The number of benzene rings is 1. The zero-order valence-electron chi connectivity index (χ0n) is 12.3. The SMILES string of the molecule is CC1=CC(C(=O)Cl)(c2noc(C)n2)C=CC1c1ccccc1. The number of halogens is 1. The van der Waals surface area contributed by atoms with Crippen LogP contribution in [0.1, 0.15) is 30.1 Å². The summed E-state index contributed by atoms with van der Waals surface area (Å²) in [6.45, 7) is 3.65. The van der Waals surface area contributed by atoms with Crippen LogP contribution in [0.3, 0.4) is 0 Å². The number of aromatic nitrogens is 2. The molecule has 0 N–H and O–H groups in total. The Morgan fingerprint density at radius 3 is 2.55 bits per heavy atom. The summed E-state index contributed by atoms with van der Waals surface area (Å²) in [6.07, 6.45) is 5.55. The lowest BCUT2D eigenvalue weighted by atomic mass is 9.76. The van der Waals surface area contributed by atoms with Crippen molar-refractivity contribution in [3.8, 4) is 0 Å². The molecule has 1 aromatic carbocycles. The van der Waals surface area contributed by atoms with Crippen LogP contribution in [0.5, 0.6) is 0 Å². The van der Waals surface area contributed by atoms with Crippen molar-refractivity contribution in [2.24, 2.45) is 0 Å².